The van der Waals surface area contributed by atoms with E-state index in [0.717, 1.165) is 0 Å². The number of carbonyl (C=O) groups excluding carboxylic acids is 1. The van der Waals surface area contributed by atoms with E-state index in [4.69, 9.17) is 27.9 Å². The first-order valence-electron chi connectivity index (χ1n) is 8.64. The minimum Gasteiger partial charge on any atom is -0.462 e. The second-order valence-electron chi connectivity index (χ2n) is 6.25. The highest BCUT2D eigenvalue weighted by molar-refractivity contribution is 7.85. The van der Waals surface area contributed by atoms with E-state index in [1.807, 2.05) is 0 Å². The van der Waals surface area contributed by atoms with Gasteiger partial charge in [-0.3, -0.25) is 9.00 Å². The third kappa shape index (κ3) is 2.96. The fourth-order valence-electron chi connectivity index (χ4n) is 3.53. The molecule has 0 aliphatic carbocycles. The lowest BCUT2D eigenvalue weighted by Gasteiger charge is -2.23. The number of carbonyl (C=O) groups is 1. The van der Waals surface area contributed by atoms with E-state index in [1.54, 1.807) is 43.3 Å². The smallest absolute Gasteiger partial charge is 0.344 e. The minimum absolute atomic E-state index is 0.0802. The molecule has 1 aliphatic rings. The lowest BCUT2D eigenvalue weighted by atomic mass is 9.95. The van der Waals surface area contributed by atoms with Gasteiger partial charge in [-0.15, -0.1) is 0 Å². The van der Waals surface area contributed by atoms with Crippen LogP contribution in [0, 0.1) is 0 Å². The van der Waals surface area contributed by atoms with E-state index in [2.05, 4.69) is 0 Å². The van der Waals surface area contributed by atoms with Gasteiger partial charge in [0.1, 0.15) is 5.56 Å². The van der Waals surface area contributed by atoms with E-state index in [-0.39, 0.29) is 18.7 Å². The average molecular weight is 436 g/mol. The Balaban J connectivity index is 2.21. The quantitative estimate of drug-likeness (QED) is 0.576. The molecule has 0 radical (unpaired) electrons. The van der Waals surface area contributed by atoms with Crippen LogP contribution in [-0.4, -0.2) is 27.1 Å². The van der Waals surface area contributed by atoms with Gasteiger partial charge in [0.25, 0.3) is 5.56 Å². The van der Waals surface area contributed by atoms with Crippen molar-refractivity contribution < 1.29 is 13.7 Å². The van der Waals surface area contributed by atoms with Crippen molar-refractivity contribution in [3.05, 3.63) is 62.4 Å². The van der Waals surface area contributed by atoms with Crippen molar-refractivity contribution in [3.63, 3.8) is 0 Å². The number of rotatable bonds is 3. The van der Waals surface area contributed by atoms with Gasteiger partial charge >= 0.3 is 5.97 Å². The zero-order chi connectivity index (χ0) is 20.0. The van der Waals surface area contributed by atoms with Gasteiger partial charge in [0.15, 0.2) is 0 Å². The van der Waals surface area contributed by atoms with Crippen molar-refractivity contribution in [2.75, 3.05) is 12.4 Å². The maximum Gasteiger partial charge on any atom is 0.344 e. The molecule has 1 unspecified atom stereocenters. The van der Waals surface area contributed by atoms with Crippen LogP contribution in [0.15, 0.2) is 46.1 Å². The fraction of sp³-hybridized carbons (Fsp3) is 0.200. The molecular formula is C20H15Cl2NO4S. The van der Waals surface area contributed by atoms with Gasteiger partial charge in [0.05, 0.1) is 27.8 Å². The Hall–Kier alpha value is -2.15. The Morgan fingerprint density at radius 1 is 1.25 bits per heavy atom. The number of hydrogen-bond donors (Lipinski definition) is 0. The molecular weight excluding hydrogens is 421 g/mol. The largest absolute Gasteiger partial charge is 0.462 e. The van der Waals surface area contributed by atoms with Crippen molar-refractivity contribution >= 4 is 50.9 Å². The zero-order valence-electron chi connectivity index (χ0n) is 14.8. The number of pyridine rings is 1. The summed E-state index contributed by atoms with van der Waals surface area (Å²) in [6.07, 6.45) is 0. The lowest BCUT2D eigenvalue weighted by molar-refractivity contribution is 0.0525. The fourth-order valence-corrected chi connectivity index (χ4v) is 5.26. The van der Waals surface area contributed by atoms with Crippen LogP contribution in [0.3, 0.4) is 0 Å². The number of hydrogen-bond acceptors (Lipinski definition) is 4. The number of aromatic nitrogens is 1. The van der Waals surface area contributed by atoms with Crippen LogP contribution in [0.4, 0.5) is 0 Å². The highest BCUT2D eigenvalue weighted by Crippen LogP contribution is 2.38. The molecule has 144 valence electrons. The van der Waals surface area contributed by atoms with Crippen molar-refractivity contribution in [2.45, 2.75) is 18.4 Å². The summed E-state index contributed by atoms with van der Waals surface area (Å²) in [4.78, 5) is 26.6. The van der Waals surface area contributed by atoms with E-state index in [9.17, 15) is 13.8 Å². The molecule has 0 fully saturated rings. The van der Waals surface area contributed by atoms with Crippen LogP contribution < -0.4 is 5.56 Å². The number of aryl methyl sites for hydroxylation is 1. The van der Waals surface area contributed by atoms with Crippen LogP contribution in [0.1, 0.15) is 17.3 Å². The van der Waals surface area contributed by atoms with Crippen molar-refractivity contribution in [1.29, 1.82) is 0 Å². The predicted octanol–water partition coefficient (Wildman–Crippen LogP) is 4.27. The minimum atomic E-state index is -1.22. The molecule has 0 N–H and O–H groups in total. The molecule has 0 saturated carbocycles. The maximum atomic E-state index is 13.3. The number of nitrogens with zero attached hydrogens (tertiary/aromatic N) is 1. The van der Waals surface area contributed by atoms with Gasteiger partial charge in [-0.2, -0.15) is 0 Å². The maximum absolute atomic E-state index is 13.3. The third-order valence-electron chi connectivity index (χ3n) is 4.67. The molecule has 0 bridgehead atoms. The zero-order valence-corrected chi connectivity index (χ0v) is 17.2. The van der Waals surface area contributed by atoms with Crippen LogP contribution in [0.5, 0.6) is 0 Å². The molecule has 28 heavy (non-hydrogen) atoms. The van der Waals surface area contributed by atoms with E-state index < -0.39 is 22.3 Å². The second-order valence-corrected chi connectivity index (χ2v) is 8.64. The Kier molecular flexibility index (Phi) is 5.04. The molecule has 3 aromatic rings. The SMILES string of the molecule is CCOC(=O)c1c(-c2ccc(Cl)cc2Cl)c2cccc3c2n(c1=O)CCS3=O. The molecule has 2 aromatic carbocycles. The van der Waals surface area contributed by atoms with Crippen molar-refractivity contribution in [2.24, 2.45) is 0 Å². The molecule has 8 heteroatoms. The normalized spacial score (nSPS) is 15.6. The first-order chi connectivity index (χ1) is 13.4. The highest BCUT2D eigenvalue weighted by atomic mass is 35.5. The van der Waals surface area contributed by atoms with Crippen LogP contribution >= 0.6 is 23.2 Å². The van der Waals surface area contributed by atoms with E-state index in [0.29, 0.717) is 42.7 Å². The molecule has 0 amide bonds. The van der Waals surface area contributed by atoms with Gasteiger partial charge in [-0.25, -0.2) is 4.79 Å². The van der Waals surface area contributed by atoms with Gasteiger partial charge in [-0.1, -0.05) is 41.4 Å². The lowest BCUT2D eigenvalue weighted by Crippen LogP contribution is -2.33. The Bertz CT molecular complexity index is 1220. The van der Waals surface area contributed by atoms with Crippen molar-refractivity contribution in [1.82, 2.24) is 4.57 Å². The number of halogens is 2. The number of ether oxygens (including phenoxy) is 1. The highest BCUT2D eigenvalue weighted by Gasteiger charge is 2.29. The van der Waals surface area contributed by atoms with Gasteiger partial charge in [0, 0.05) is 38.9 Å². The molecule has 5 nitrogen and oxygen atoms in total. The Labute approximate surface area is 173 Å². The monoisotopic (exact) mass is 435 g/mol. The van der Waals surface area contributed by atoms with Crippen molar-refractivity contribution in [3.8, 4) is 11.1 Å². The summed E-state index contributed by atoms with van der Waals surface area (Å²) in [5.74, 6) is -0.397. The predicted molar refractivity (Wildman–Crippen MR) is 111 cm³/mol. The molecule has 1 aliphatic heterocycles. The van der Waals surface area contributed by atoms with Crippen LogP contribution in [-0.2, 0) is 22.1 Å². The summed E-state index contributed by atoms with van der Waals surface area (Å²) in [6.45, 7) is 2.07. The average Bonchev–Trinajstić information content (AvgIpc) is 2.66. The second kappa shape index (κ2) is 7.35. The standard InChI is InChI=1S/C20H15Cl2NO4S/c1-2-27-20(25)17-16(12-7-6-11(21)10-14(12)22)13-4-3-5-15-18(13)23(19(17)24)8-9-28(15)26/h3-7,10H,2,8-9H2,1H3. The number of para-hydroxylation sites is 1. The summed E-state index contributed by atoms with van der Waals surface area (Å²) in [5.41, 5.74) is 0.870. The third-order valence-corrected chi connectivity index (χ3v) is 6.59. The topological polar surface area (TPSA) is 65.4 Å². The van der Waals surface area contributed by atoms with E-state index in [1.165, 1.54) is 4.57 Å². The first kappa shape index (κ1) is 19.2. The molecule has 4 rings (SSSR count). The molecule has 0 spiro atoms. The Morgan fingerprint density at radius 2 is 2.04 bits per heavy atom. The van der Waals surface area contributed by atoms with Crippen LogP contribution in [0.2, 0.25) is 10.0 Å². The van der Waals surface area contributed by atoms with E-state index >= 15 is 0 Å². The van der Waals surface area contributed by atoms with Gasteiger partial charge in [-0.05, 0) is 25.1 Å². The summed E-state index contributed by atoms with van der Waals surface area (Å²) in [7, 11) is -1.22. The summed E-state index contributed by atoms with van der Waals surface area (Å²) >= 11 is 12.4. The summed E-state index contributed by atoms with van der Waals surface area (Å²) < 4.78 is 19.2. The molecule has 2 heterocycles. The van der Waals surface area contributed by atoms with Gasteiger partial charge in [0.2, 0.25) is 0 Å². The first-order valence-corrected chi connectivity index (χ1v) is 10.7. The van der Waals surface area contributed by atoms with Crippen LogP contribution in [0.25, 0.3) is 22.0 Å². The Morgan fingerprint density at radius 3 is 2.75 bits per heavy atom. The number of esters is 1. The van der Waals surface area contributed by atoms with Gasteiger partial charge < -0.3 is 9.30 Å². The molecule has 1 aromatic heterocycles. The summed E-state index contributed by atoms with van der Waals surface area (Å²) in [5, 5.41) is 1.37. The number of benzene rings is 2. The molecule has 1 atom stereocenters. The summed E-state index contributed by atoms with van der Waals surface area (Å²) in [6, 6.07) is 10.2. The molecule has 0 saturated heterocycles.